The summed E-state index contributed by atoms with van der Waals surface area (Å²) >= 11 is 0. The van der Waals surface area contributed by atoms with Crippen molar-refractivity contribution in [2.24, 2.45) is 5.92 Å². The predicted molar refractivity (Wildman–Crippen MR) is 138 cm³/mol. The average molecular weight is 521 g/mol. The molecule has 2 amide bonds. The molecule has 3 heterocycles. The average Bonchev–Trinajstić information content (AvgIpc) is 3.27. The Morgan fingerprint density at radius 3 is 2.46 bits per heavy atom. The van der Waals surface area contributed by atoms with Gasteiger partial charge in [0.05, 0.1) is 10.9 Å². The standard InChI is InChI=1S/C26H28N6O4S/c1-15-5-7-18(8-6-15)37(35,36)31-12-10-20-19(9-11-28-24(20)31)17(3)32-23(14-22(30-32)25(33)27-4)26(34)29-21-13-16(21)2/h5-12,14,16-17,21H,13H2,1-4H3,(H,27,33)(H,29,34)/t16-,17?,21-/m0/s1. The number of fused-ring (bicyclic) bond motifs is 1. The number of pyridine rings is 1. The van der Waals surface area contributed by atoms with Crippen molar-refractivity contribution in [2.45, 2.75) is 44.2 Å². The Balaban J connectivity index is 1.57. The van der Waals surface area contributed by atoms with Crippen LogP contribution in [0.15, 0.2) is 59.8 Å². The Morgan fingerprint density at radius 1 is 1.11 bits per heavy atom. The van der Waals surface area contributed by atoms with Gasteiger partial charge in [-0.25, -0.2) is 17.4 Å². The third kappa shape index (κ3) is 4.39. The number of nitrogens with one attached hydrogen (secondary N) is 2. The first-order valence-corrected chi connectivity index (χ1v) is 13.5. The minimum Gasteiger partial charge on any atom is -0.354 e. The summed E-state index contributed by atoms with van der Waals surface area (Å²) in [4.78, 5) is 29.9. The lowest BCUT2D eigenvalue weighted by molar-refractivity contribution is 0.0934. The normalized spacial score (nSPS) is 17.9. The Hall–Kier alpha value is -3.99. The zero-order valence-corrected chi connectivity index (χ0v) is 21.8. The van der Waals surface area contributed by atoms with Crippen LogP contribution in [0.25, 0.3) is 11.0 Å². The monoisotopic (exact) mass is 520 g/mol. The molecule has 2 N–H and O–H groups in total. The number of hydrogen-bond donors (Lipinski definition) is 2. The molecule has 1 unspecified atom stereocenters. The molecule has 11 heteroatoms. The van der Waals surface area contributed by atoms with E-state index in [2.05, 4.69) is 27.6 Å². The highest BCUT2D eigenvalue weighted by Crippen LogP contribution is 2.31. The van der Waals surface area contributed by atoms with E-state index in [1.54, 1.807) is 36.4 Å². The Labute approximate surface area is 214 Å². The topological polar surface area (TPSA) is 128 Å². The van der Waals surface area contributed by atoms with Gasteiger partial charge in [0.2, 0.25) is 0 Å². The largest absolute Gasteiger partial charge is 0.354 e. The van der Waals surface area contributed by atoms with Gasteiger partial charge in [0.25, 0.3) is 21.8 Å². The van der Waals surface area contributed by atoms with Gasteiger partial charge in [0, 0.05) is 36.9 Å². The van der Waals surface area contributed by atoms with Crippen LogP contribution in [0.1, 0.15) is 58.4 Å². The molecule has 5 rings (SSSR count). The molecule has 10 nitrogen and oxygen atoms in total. The highest BCUT2D eigenvalue weighted by Gasteiger charge is 2.35. The molecule has 0 bridgehead atoms. The smallest absolute Gasteiger partial charge is 0.271 e. The number of amides is 2. The van der Waals surface area contributed by atoms with Crippen LogP contribution in [-0.4, -0.2) is 52.1 Å². The molecule has 1 aliphatic rings. The summed E-state index contributed by atoms with van der Waals surface area (Å²) in [6.45, 7) is 5.79. The van der Waals surface area contributed by atoms with E-state index < -0.39 is 22.0 Å². The maximum absolute atomic E-state index is 13.4. The van der Waals surface area contributed by atoms with Crippen molar-refractivity contribution < 1.29 is 18.0 Å². The van der Waals surface area contributed by atoms with Crippen molar-refractivity contribution in [1.29, 1.82) is 0 Å². The molecule has 1 saturated carbocycles. The van der Waals surface area contributed by atoms with Gasteiger partial charge in [-0.3, -0.25) is 14.3 Å². The molecule has 0 aliphatic heterocycles. The van der Waals surface area contributed by atoms with E-state index in [4.69, 9.17) is 0 Å². The molecular formula is C26H28N6O4S. The number of aromatic nitrogens is 4. The van der Waals surface area contributed by atoms with Gasteiger partial charge < -0.3 is 10.6 Å². The molecule has 0 saturated heterocycles. The summed E-state index contributed by atoms with van der Waals surface area (Å²) in [5.74, 6) is -0.310. The molecule has 4 aromatic rings. The van der Waals surface area contributed by atoms with Gasteiger partial charge in [0.1, 0.15) is 5.69 Å². The van der Waals surface area contributed by atoms with Gasteiger partial charge in [-0.15, -0.1) is 0 Å². The second-order valence-electron chi connectivity index (χ2n) is 9.47. The fraction of sp³-hybridized carbons (Fsp3) is 0.308. The van der Waals surface area contributed by atoms with Crippen LogP contribution in [0, 0.1) is 12.8 Å². The number of carbonyl (C=O) groups is 2. The zero-order valence-electron chi connectivity index (χ0n) is 21.0. The lowest BCUT2D eigenvalue weighted by Crippen LogP contribution is -2.29. The van der Waals surface area contributed by atoms with Gasteiger partial charge in [-0.05, 0) is 56.0 Å². The van der Waals surface area contributed by atoms with Crippen molar-refractivity contribution in [3.63, 3.8) is 0 Å². The van der Waals surface area contributed by atoms with Crippen LogP contribution in [0.2, 0.25) is 0 Å². The van der Waals surface area contributed by atoms with E-state index in [1.165, 1.54) is 30.2 Å². The summed E-state index contributed by atoms with van der Waals surface area (Å²) in [6, 6.07) is 11.2. The fourth-order valence-electron chi connectivity index (χ4n) is 4.41. The maximum Gasteiger partial charge on any atom is 0.271 e. The van der Waals surface area contributed by atoms with Crippen LogP contribution in [-0.2, 0) is 10.0 Å². The molecule has 0 spiro atoms. The molecule has 1 aromatic carbocycles. The molecule has 1 aliphatic carbocycles. The minimum absolute atomic E-state index is 0.100. The predicted octanol–water partition coefficient (Wildman–Crippen LogP) is 2.89. The molecule has 3 atom stereocenters. The second-order valence-corrected chi connectivity index (χ2v) is 11.3. The molecular weight excluding hydrogens is 492 g/mol. The van der Waals surface area contributed by atoms with Crippen molar-refractivity contribution in [3.8, 4) is 0 Å². The van der Waals surface area contributed by atoms with E-state index in [-0.39, 0.29) is 33.9 Å². The maximum atomic E-state index is 13.4. The van der Waals surface area contributed by atoms with E-state index in [0.717, 1.165) is 16.0 Å². The summed E-state index contributed by atoms with van der Waals surface area (Å²) < 4.78 is 29.4. The summed E-state index contributed by atoms with van der Waals surface area (Å²) in [5, 5.41) is 10.6. The highest BCUT2D eigenvalue weighted by molar-refractivity contribution is 7.90. The highest BCUT2D eigenvalue weighted by atomic mass is 32.2. The van der Waals surface area contributed by atoms with E-state index in [9.17, 15) is 18.0 Å². The molecule has 1 fully saturated rings. The van der Waals surface area contributed by atoms with Crippen LogP contribution in [0.5, 0.6) is 0 Å². The molecule has 192 valence electrons. The van der Waals surface area contributed by atoms with Gasteiger partial charge >= 0.3 is 0 Å². The van der Waals surface area contributed by atoms with Crippen LogP contribution >= 0.6 is 0 Å². The lowest BCUT2D eigenvalue weighted by atomic mass is 10.1. The van der Waals surface area contributed by atoms with E-state index >= 15 is 0 Å². The third-order valence-corrected chi connectivity index (χ3v) is 8.52. The fourth-order valence-corrected chi connectivity index (χ4v) is 5.71. The SMILES string of the molecule is CNC(=O)c1cc(C(=O)N[C@H]2C[C@@H]2C)n(C(C)c2ccnc3c2ccn3S(=O)(=O)c2ccc(C)cc2)n1. The summed E-state index contributed by atoms with van der Waals surface area (Å²) in [7, 11) is -2.38. The Bertz CT molecular complexity index is 1620. The van der Waals surface area contributed by atoms with Gasteiger partial charge in [-0.1, -0.05) is 24.6 Å². The Kier molecular flexibility index (Phi) is 6.10. The number of rotatable bonds is 7. The number of carbonyl (C=O) groups excluding carboxylic acids is 2. The first kappa shape index (κ1) is 24.7. The minimum atomic E-state index is -3.88. The quantitative estimate of drug-likeness (QED) is 0.386. The van der Waals surface area contributed by atoms with Crippen molar-refractivity contribution >= 4 is 32.9 Å². The number of benzene rings is 1. The van der Waals surface area contributed by atoms with Crippen molar-refractivity contribution in [3.05, 3.63) is 77.4 Å². The van der Waals surface area contributed by atoms with E-state index in [0.29, 0.717) is 16.9 Å². The van der Waals surface area contributed by atoms with Crippen LogP contribution in [0.4, 0.5) is 0 Å². The first-order valence-electron chi connectivity index (χ1n) is 12.0. The molecule has 37 heavy (non-hydrogen) atoms. The van der Waals surface area contributed by atoms with Crippen molar-refractivity contribution in [2.75, 3.05) is 7.05 Å². The Morgan fingerprint density at radius 2 is 1.81 bits per heavy atom. The summed E-state index contributed by atoms with van der Waals surface area (Å²) in [5.41, 5.74) is 2.30. The number of nitrogens with zero attached hydrogens (tertiary/aromatic N) is 4. The number of hydrogen-bond acceptors (Lipinski definition) is 6. The first-order chi connectivity index (χ1) is 17.6. The van der Waals surface area contributed by atoms with Crippen molar-refractivity contribution in [1.82, 2.24) is 29.4 Å². The second kappa shape index (κ2) is 9.15. The molecule has 0 radical (unpaired) electrons. The van der Waals surface area contributed by atoms with Gasteiger partial charge in [0.15, 0.2) is 11.3 Å². The van der Waals surface area contributed by atoms with Crippen LogP contribution < -0.4 is 10.6 Å². The lowest BCUT2D eigenvalue weighted by Gasteiger charge is -2.17. The summed E-state index contributed by atoms with van der Waals surface area (Å²) in [6.07, 6.45) is 3.92. The number of aryl methyl sites for hydroxylation is 1. The van der Waals surface area contributed by atoms with Gasteiger partial charge in [-0.2, -0.15) is 5.10 Å². The third-order valence-electron chi connectivity index (χ3n) is 6.84. The zero-order chi connectivity index (χ0) is 26.5. The molecule has 3 aromatic heterocycles. The van der Waals surface area contributed by atoms with E-state index in [1.807, 2.05) is 13.8 Å². The van der Waals surface area contributed by atoms with Crippen LogP contribution in [0.3, 0.4) is 0 Å².